The van der Waals surface area contributed by atoms with E-state index in [9.17, 15) is 4.79 Å². The van der Waals surface area contributed by atoms with Gasteiger partial charge in [-0.3, -0.25) is 14.8 Å². The van der Waals surface area contributed by atoms with Gasteiger partial charge in [0, 0.05) is 11.1 Å². The third kappa shape index (κ3) is 1.66. The van der Waals surface area contributed by atoms with Crippen molar-refractivity contribution in [3.8, 4) is 0 Å². The van der Waals surface area contributed by atoms with Crippen molar-refractivity contribution < 1.29 is 0 Å². The van der Waals surface area contributed by atoms with Crippen LogP contribution in [0.15, 0.2) is 16.5 Å². The van der Waals surface area contributed by atoms with Crippen LogP contribution in [0.25, 0.3) is 11.2 Å². The number of nitrogens with one attached hydrogen (secondary N) is 1. The van der Waals surface area contributed by atoms with Crippen molar-refractivity contribution in [3.05, 3.63) is 32.8 Å². The molecule has 3 aromatic heterocycles. The maximum absolute atomic E-state index is 11.7. The Morgan fingerprint density at radius 3 is 3.06 bits per heavy atom. The number of imidazole rings is 1. The molecule has 3 N–H and O–H groups in total. The second kappa shape index (κ2) is 3.91. The minimum Gasteiger partial charge on any atom is -0.369 e. The van der Waals surface area contributed by atoms with Crippen LogP contribution >= 0.6 is 11.3 Å². The molecule has 3 heterocycles. The number of thiazole rings is 1. The lowest BCUT2D eigenvalue weighted by molar-refractivity contribution is 0.786. The highest BCUT2D eigenvalue weighted by Gasteiger charge is 2.13. The monoisotopic (exact) mass is 262 g/mol. The van der Waals surface area contributed by atoms with E-state index in [1.807, 2.05) is 11.5 Å². The van der Waals surface area contributed by atoms with Crippen LogP contribution in [0.2, 0.25) is 0 Å². The van der Waals surface area contributed by atoms with Gasteiger partial charge < -0.3 is 10.3 Å². The zero-order chi connectivity index (χ0) is 12.7. The largest absolute Gasteiger partial charge is 0.369 e. The van der Waals surface area contributed by atoms with Crippen LogP contribution in [-0.2, 0) is 6.54 Å². The number of aromatic nitrogens is 5. The first-order chi connectivity index (χ1) is 8.65. The van der Waals surface area contributed by atoms with Gasteiger partial charge in [0.2, 0.25) is 5.95 Å². The minimum absolute atomic E-state index is 0.0953. The normalized spacial score (nSPS) is 11.2. The van der Waals surface area contributed by atoms with Crippen molar-refractivity contribution in [2.75, 3.05) is 5.73 Å². The minimum atomic E-state index is -0.316. The van der Waals surface area contributed by atoms with E-state index in [1.165, 1.54) is 0 Å². The number of rotatable bonds is 2. The van der Waals surface area contributed by atoms with E-state index in [2.05, 4.69) is 19.9 Å². The molecule has 7 nitrogen and oxygen atoms in total. The molecule has 3 aromatic rings. The lowest BCUT2D eigenvalue weighted by atomic mass is 10.5. The van der Waals surface area contributed by atoms with Gasteiger partial charge in [-0.05, 0) is 6.92 Å². The fourth-order valence-electron chi connectivity index (χ4n) is 1.80. The molecule has 18 heavy (non-hydrogen) atoms. The van der Waals surface area contributed by atoms with Crippen molar-refractivity contribution in [1.29, 1.82) is 0 Å². The van der Waals surface area contributed by atoms with Gasteiger partial charge in [-0.15, -0.1) is 11.3 Å². The van der Waals surface area contributed by atoms with Crippen LogP contribution in [0, 0.1) is 6.92 Å². The Balaban J connectivity index is 2.22. The number of anilines is 1. The molecule has 0 aromatic carbocycles. The Morgan fingerprint density at radius 2 is 2.33 bits per heavy atom. The Bertz CT molecular complexity index is 757. The molecule has 8 heteroatoms. The lowest BCUT2D eigenvalue weighted by Crippen LogP contribution is -2.12. The van der Waals surface area contributed by atoms with Crippen LogP contribution in [0.4, 0.5) is 5.95 Å². The van der Waals surface area contributed by atoms with E-state index in [0.717, 1.165) is 10.7 Å². The summed E-state index contributed by atoms with van der Waals surface area (Å²) in [5, 5.41) is 0. The predicted octanol–water partition coefficient (Wildman–Crippen LogP) is 0.515. The first-order valence-corrected chi connectivity index (χ1v) is 6.13. The summed E-state index contributed by atoms with van der Waals surface area (Å²) in [6, 6.07) is 0. The molecule has 0 aliphatic carbocycles. The van der Waals surface area contributed by atoms with E-state index in [4.69, 9.17) is 5.73 Å². The van der Waals surface area contributed by atoms with Gasteiger partial charge in [-0.25, -0.2) is 4.98 Å². The van der Waals surface area contributed by atoms with Crippen LogP contribution in [0.1, 0.15) is 10.7 Å². The van der Waals surface area contributed by atoms with E-state index in [-0.39, 0.29) is 11.5 Å². The molecule has 0 unspecified atom stereocenters. The van der Waals surface area contributed by atoms with E-state index >= 15 is 0 Å². The number of H-pyrrole nitrogens is 1. The van der Waals surface area contributed by atoms with Crippen molar-refractivity contribution in [2.45, 2.75) is 13.5 Å². The Hall–Kier alpha value is -2.22. The van der Waals surface area contributed by atoms with Crippen LogP contribution in [-0.4, -0.2) is 24.5 Å². The zero-order valence-corrected chi connectivity index (χ0v) is 10.4. The Labute approximate surface area is 105 Å². The van der Waals surface area contributed by atoms with Gasteiger partial charge in [0.05, 0.1) is 12.1 Å². The SMILES string of the molecule is Cc1nc2c(=O)[nH]c(N)nc2n1Cc1cncs1. The molecule has 92 valence electrons. The van der Waals surface area contributed by atoms with Gasteiger partial charge in [0.1, 0.15) is 5.82 Å². The molecule has 0 bridgehead atoms. The van der Waals surface area contributed by atoms with Gasteiger partial charge in [0.15, 0.2) is 11.2 Å². The molecule has 3 rings (SSSR count). The molecule has 0 spiro atoms. The topological polar surface area (TPSA) is 102 Å². The second-order valence-electron chi connectivity index (χ2n) is 3.84. The standard InChI is InChI=1S/C10H10N6OS/c1-5-13-7-8(14-10(11)15-9(7)17)16(5)3-6-2-12-4-18-6/h2,4H,3H2,1H3,(H3,11,14,15,17). The maximum Gasteiger partial charge on any atom is 0.280 e. The summed E-state index contributed by atoms with van der Waals surface area (Å²) in [6.07, 6.45) is 1.78. The first-order valence-electron chi connectivity index (χ1n) is 5.25. The molecule has 0 saturated heterocycles. The Morgan fingerprint density at radius 1 is 1.50 bits per heavy atom. The van der Waals surface area contributed by atoms with Gasteiger partial charge >= 0.3 is 0 Å². The number of fused-ring (bicyclic) bond motifs is 1. The quantitative estimate of drug-likeness (QED) is 0.700. The molecule has 0 atom stereocenters. The summed E-state index contributed by atoms with van der Waals surface area (Å²) in [5.74, 6) is 0.819. The van der Waals surface area contributed by atoms with Crippen LogP contribution < -0.4 is 11.3 Å². The molecule has 0 amide bonds. The summed E-state index contributed by atoms with van der Waals surface area (Å²) in [5.41, 5.74) is 7.82. The highest BCUT2D eigenvalue weighted by Crippen LogP contribution is 2.15. The second-order valence-corrected chi connectivity index (χ2v) is 4.81. The molecule has 0 saturated carbocycles. The first kappa shape index (κ1) is 10.9. The van der Waals surface area contributed by atoms with Crippen LogP contribution in [0.5, 0.6) is 0 Å². The molecule has 0 aliphatic heterocycles. The highest BCUT2D eigenvalue weighted by molar-refractivity contribution is 7.09. The maximum atomic E-state index is 11.7. The van der Waals surface area contributed by atoms with Gasteiger partial charge in [0.25, 0.3) is 5.56 Å². The van der Waals surface area contributed by atoms with Crippen LogP contribution in [0.3, 0.4) is 0 Å². The highest BCUT2D eigenvalue weighted by atomic mass is 32.1. The number of nitrogen functional groups attached to an aromatic ring is 1. The van der Waals surface area contributed by atoms with Gasteiger partial charge in [-0.2, -0.15) is 4.98 Å². The lowest BCUT2D eigenvalue weighted by Gasteiger charge is -2.03. The molecule has 0 radical (unpaired) electrons. The number of hydrogen-bond donors (Lipinski definition) is 2. The summed E-state index contributed by atoms with van der Waals surface area (Å²) in [4.78, 5) is 27.6. The average molecular weight is 262 g/mol. The third-order valence-electron chi connectivity index (χ3n) is 2.61. The fraction of sp³-hybridized carbons (Fsp3) is 0.200. The number of nitrogens with zero attached hydrogens (tertiary/aromatic N) is 4. The van der Waals surface area contributed by atoms with Crippen molar-refractivity contribution in [1.82, 2.24) is 24.5 Å². The summed E-state index contributed by atoms with van der Waals surface area (Å²) in [6.45, 7) is 2.42. The van der Waals surface area contributed by atoms with Crippen molar-refractivity contribution in [2.24, 2.45) is 0 Å². The third-order valence-corrected chi connectivity index (χ3v) is 3.38. The molecular weight excluding hydrogens is 252 g/mol. The van der Waals surface area contributed by atoms with E-state index in [1.54, 1.807) is 23.0 Å². The number of aryl methyl sites for hydroxylation is 1. The molecule has 0 aliphatic rings. The fourth-order valence-corrected chi connectivity index (χ4v) is 2.38. The summed E-state index contributed by atoms with van der Waals surface area (Å²) in [7, 11) is 0. The predicted molar refractivity (Wildman–Crippen MR) is 68.5 cm³/mol. The van der Waals surface area contributed by atoms with E-state index in [0.29, 0.717) is 17.7 Å². The van der Waals surface area contributed by atoms with E-state index < -0.39 is 0 Å². The Kier molecular flexibility index (Phi) is 2.37. The average Bonchev–Trinajstić information content (AvgIpc) is 2.91. The summed E-state index contributed by atoms with van der Waals surface area (Å²) < 4.78 is 1.86. The number of aromatic amines is 1. The molecule has 0 fully saturated rings. The van der Waals surface area contributed by atoms with Crippen molar-refractivity contribution >= 4 is 28.4 Å². The van der Waals surface area contributed by atoms with Gasteiger partial charge in [-0.1, -0.05) is 0 Å². The number of hydrogen-bond acceptors (Lipinski definition) is 6. The van der Waals surface area contributed by atoms with Crippen molar-refractivity contribution in [3.63, 3.8) is 0 Å². The smallest absolute Gasteiger partial charge is 0.280 e. The number of nitrogens with two attached hydrogens (primary N) is 1. The summed E-state index contributed by atoms with van der Waals surface area (Å²) >= 11 is 1.54. The zero-order valence-electron chi connectivity index (χ0n) is 9.54. The molecular formula is C10H10N6OS.